The fourth-order valence-corrected chi connectivity index (χ4v) is 3.30. The number of nitrogens with two attached hydrogens (primary N) is 1. The molecule has 1 aliphatic heterocycles. The van der Waals surface area contributed by atoms with Crippen molar-refractivity contribution in [2.24, 2.45) is 5.73 Å². The maximum absolute atomic E-state index is 12.6. The number of aryl methyl sites for hydroxylation is 1. The van der Waals surface area contributed by atoms with Crippen LogP contribution in [0.5, 0.6) is 0 Å². The normalized spacial score (nSPS) is 15.7. The van der Waals surface area contributed by atoms with E-state index < -0.39 is 6.04 Å². The van der Waals surface area contributed by atoms with Crippen molar-refractivity contribution < 1.29 is 9.59 Å². The number of likely N-dealkylation sites (tertiary alicyclic amines) is 1. The number of nitrogens with zero attached hydrogens (tertiary/aromatic N) is 1. The summed E-state index contributed by atoms with van der Waals surface area (Å²) in [6, 6.07) is 13.9. The third-order valence-corrected chi connectivity index (χ3v) is 5.01. The van der Waals surface area contributed by atoms with Gasteiger partial charge in [-0.15, -0.1) is 0 Å². The first kappa shape index (κ1) is 19.1. The van der Waals surface area contributed by atoms with E-state index >= 15 is 0 Å². The highest BCUT2D eigenvalue weighted by molar-refractivity contribution is 5.97. The second-order valence-electron chi connectivity index (χ2n) is 7.16. The molecule has 1 aliphatic rings. The molecule has 0 saturated carbocycles. The van der Waals surface area contributed by atoms with E-state index in [1.807, 2.05) is 36.1 Å². The Bertz CT molecular complexity index is 776. The Kier molecular flexibility index (Phi) is 6.24. The summed E-state index contributed by atoms with van der Waals surface area (Å²) in [7, 11) is 0. The van der Waals surface area contributed by atoms with Gasteiger partial charge in [0.05, 0.1) is 0 Å². The Morgan fingerprint density at radius 1 is 0.926 bits per heavy atom. The summed E-state index contributed by atoms with van der Waals surface area (Å²) < 4.78 is 0. The standard InChI is InChI=1S/C22H27N3O2/c1-16-6-8-17(9-7-16)20(23)21(26)24-19-12-10-18(11-13-19)22(27)25-14-4-2-3-5-15-25/h6-13,20H,2-5,14-15,23H2,1H3,(H,24,26). The molecule has 5 nitrogen and oxygen atoms in total. The van der Waals surface area contributed by atoms with E-state index in [1.165, 1.54) is 12.8 Å². The molecule has 1 fully saturated rings. The first-order valence-electron chi connectivity index (χ1n) is 9.57. The lowest BCUT2D eigenvalue weighted by molar-refractivity contribution is -0.117. The van der Waals surface area contributed by atoms with Crippen LogP contribution in [0.1, 0.15) is 53.2 Å². The maximum Gasteiger partial charge on any atom is 0.253 e. The number of carbonyl (C=O) groups is 2. The Labute approximate surface area is 160 Å². The van der Waals surface area contributed by atoms with Gasteiger partial charge in [0.1, 0.15) is 6.04 Å². The van der Waals surface area contributed by atoms with E-state index in [0.29, 0.717) is 11.3 Å². The molecule has 0 spiro atoms. The summed E-state index contributed by atoms with van der Waals surface area (Å²) in [4.78, 5) is 26.9. The van der Waals surface area contributed by atoms with Crippen LogP contribution in [0.4, 0.5) is 5.69 Å². The van der Waals surface area contributed by atoms with Crippen molar-refractivity contribution >= 4 is 17.5 Å². The lowest BCUT2D eigenvalue weighted by Crippen LogP contribution is -2.31. The second-order valence-corrected chi connectivity index (χ2v) is 7.16. The molecule has 0 bridgehead atoms. The molecular weight excluding hydrogens is 338 g/mol. The molecule has 5 heteroatoms. The Morgan fingerprint density at radius 3 is 2.11 bits per heavy atom. The summed E-state index contributed by atoms with van der Waals surface area (Å²) in [5, 5.41) is 2.82. The molecule has 27 heavy (non-hydrogen) atoms. The molecule has 2 amide bonds. The Hall–Kier alpha value is -2.66. The van der Waals surface area contributed by atoms with Crippen LogP contribution in [0.25, 0.3) is 0 Å². The molecule has 2 aromatic rings. The lowest BCUT2D eigenvalue weighted by atomic mass is 10.1. The van der Waals surface area contributed by atoms with Gasteiger partial charge in [-0.2, -0.15) is 0 Å². The van der Waals surface area contributed by atoms with Gasteiger partial charge in [-0.25, -0.2) is 0 Å². The van der Waals surface area contributed by atoms with E-state index in [4.69, 9.17) is 5.73 Å². The number of carbonyl (C=O) groups excluding carboxylic acids is 2. The predicted octanol–water partition coefficient (Wildman–Crippen LogP) is 3.65. The number of amides is 2. The molecule has 2 aromatic carbocycles. The van der Waals surface area contributed by atoms with Gasteiger partial charge in [0.15, 0.2) is 0 Å². The molecule has 1 saturated heterocycles. The van der Waals surface area contributed by atoms with Gasteiger partial charge in [-0.1, -0.05) is 42.7 Å². The zero-order valence-corrected chi connectivity index (χ0v) is 15.8. The second kappa shape index (κ2) is 8.82. The molecule has 0 aliphatic carbocycles. The summed E-state index contributed by atoms with van der Waals surface area (Å²) in [6.45, 7) is 3.63. The minimum atomic E-state index is -0.732. The highest BCUT2D eigenvalue weighted by Gasteiger charge is 2.18. The van der Waals surface area contributed by atoms with Gasteiger partial charge in [-0.3, -0.25) is 9.59 Å². The van der Waals surface area contributed by atoms with Crippen LogP contribution in [-0.4, -0.2) is 29.8 Å². The summed E-state index contributed by atoms with van der Waals surface area (Å²) in [5.74, 6) is -0.211. The molecule has 1 heterocycles. The first-order chi connectivity index (χ1) is 13.0. The maximum atomic E-state index is 12.6. The third kappa shape index (κ3) is 4.95. The zero-order chi connectivity index (χ0) is 19.2. The van der Waals surface area contributed by atoms with Crippen molar-refractivity contribution in [1.82, 2.24) is 4.90 Å². The topological polar surface area (TPSA) is 75.4 Å². The predicted molar refractivity (Wildman–Crippen MR) is 108 cm³/mol. The molecule has 1 atom stereocenters. The molecule has 3 rings (SSSR count). The fourth-order valence-electron chi connectivity index (χ4n) is 3.30. The minimum Gasteiger partial charge on any atom is -0.339 e. The van der Waals surface area contributed by atoms with Crippen LogP contribution in [0.2, 0.25) is 0 Å². The van der Waals surface area contributed by atoms with Crippen LogP contribution in [0, 0.1) is 6.92 Å². The van der Waals surface area contributed by atoms with Crippen LogP contribution in [0.3, 0.4) is 0 Å². The smallest absolute Gasteiger partial charge is 0.253 e. The molecule has 1 unspecified atom stereocenters. The van der Waals surface area contributed by atoms with Gasteiger partial charge < -0.3 is 16.0 Å². The van der Waals surface area contributed by atoms with Crippen LogP contribution < -0.4 is 11.1 Å². The van der Waals surface area contributed by atoms with Gasteiger partial charge >= 0.3 is 0 Å². The van der Waals surface area contributed by atoms with Crippen molar-refractivity contribution in [2.45, 2.75) is 38.6 Å². The van der Waals surface area contributed by atoms with E-state index in [0.717, 1.165) is 37.1 Å². The highest BCUT2D eigenvalue weighted by atomic mass is 16.2. The summed E-state index contributed by atoms with van der Waals surface area (Å²) >= 11 is 0. The van der Waals surface area contributed by atoms with Crippen molar-refractivity contribution in [3.05, 3.63) is 65.2 Å². The molecule has 0 radical (unpaired) electrons. The number of nitrogens with one attached hydrogen (secondary N) is 1. The molecule has 3 N–H and O–H groups in total. The van der Waals surface area contributed by atoms with Crippen LogP contribution in [-0.2, 0) is 4.79 Å². The van der Waals surface area contributed by atoms with Gasteiger partial charge in [0.25, 0.3) is 5.91 Å². The molecule has 0 aromatic heterocycles. The van der Waals surface area contributed by atoms with Crippen molar-refractivity contribution in [3.63, 3.8) is 0 Å². The monoisotopic (exact) mass is 365 g/mol. The summed E-state index contributed by atoms with van der Waals surface area (Å²) in [6.07, 6.45) is 4.51. The third-order valence-electron chi connectivity index (χ3n) is 5.01. The average Bonchev–Trinajstić information content (AvgIpc) is 2.97. The van der Waals surface area contributed by atoms with Gasteiger partial charge in [0, 0.05) is 24.3 Å². The van der Waals surface area contributed by atoms with Crippen LogP contribution >= 0.6 is 0 Å². The first-order valence-corrected chi connectivity index (χ1v) is 9.57. The van der Waals surface area contributed by atoms with Crippen molar-refractivity contribution in [2.75, 3.05) is 18.4 Å². The fraction of sp³-hybridized carbons (Fsp3) is 0.364. The number of benzene rings is 2. The van der Waals surface area contributed by atoms with E-state index in [1.54, 1.807) is 24.3 Å². The number of rotatable bonds is 4. The zero-order valence-electron chi connectivity index (χ0n) is 15.8. The molecular formula is C22H27N3O2. The van der Waals surface area contributed by atoms with Crippen molar-refractivity contribution in [1.29, 1.82) is 0 Å². The SMILES string of the molecule is Cc1ccc(C(N)C(=O)Nc2ccc(C(=O)N3CCCCCC3)cc2)cc1. The van der Waals surface area contributed by atoms with Gasteiger partial charge in [-0.05, 0) is 49.6 Å². The van der Waals surface area contributed by atoms with Gasteiger partial charge in [0.2, 0.25) is 5.91 Å². The number of hydrogen-bond donors (Lipinski definition) is 2. The number of anilines is 1. The minimum absolute atomic E-state index is 0.0612. The lowest BCUT2D eigenvalue weighted by Gasteiger charge is -2.20. The highest BCUT2D eigenvalue weighted by Crippen LogP contribution is 2.18. The summed E-state index contributed by atoms with van der Waals surface area (Å²) in [5.41, 5.74) is 9.23. The average molecular weight is 365 g/mol. The Balaban J connectivity index is 1.62. The largest absolute Gasteiger partial charge is 0.339 e. The number of hydrogen-bond acceptors (Lipinski definition) is 3. The van der Waals surface area contributed by atoms with E-state index in [9.17, 15) is 9.59 Å². The molecule has 142 valence electrons. The van der Waals surface area contributed by atoms with E-state index in [2.05, 4.69) is 5.32 Å². The quantitative estimate of drug-likeness (QED) is 0.868. The van der Waals surface area contributed by atoms with E-state index in [-0.39, 0.29) is 11.8 Å². The van der Waals surface area contributed by atoms with Crippen LogP contribution in [0.15, 0.2) is 48.5 Å². The Morgan fingerprint density at radius 2 is 1.52 bits per heavy atom. The van der Waals surface area contributed by atoms with Crippen molar-refractivity contribution in [3.8, 4) is 0 Å².